The van der Waals surface area contributed by atoms with Crippen LogP contribution in [0.1, 0.15) is 6.42 Å². The highest BCUT2D eigenvalue weighted by molar-refractivity contribution is 5.74. The van der Waals surface area contributed by atoms with Crippen LogP contribution in [-0.2, 0) is 0 Å². The van der Waals surface area contributed by atoms with Crippen molar-refractivity contribution in [1.82, 2.24) is 10.3 Å². The molecule has 2 N–H and O–H groups in total. The molecule has 78 valence electrons. The Morgan fingerprint density at radius 1 is 1.40 bits per heavy atom. The number of hydrogen-bond acceptors (Lipinski definition) is 4. The number of rotatable bonds is 2. The molecule has 1 saturated heterocycles. The molecule has 0 unspecified atom stereocenters. The summed E-state index contributed by atoms with van der Waals surface area (Å²) in [5, 5.41) is 6.58. The van der Waals surface area contributed by atoms with E-state index in [9.17, 15) is 0 Å². The Labute approximate surface area is 87.7 Å². The lowest BCUT2D eigenvalue weighted by Gasteiger charge is -2.07. The molecule has 1 aromatic carbocycles. The normalized spacial score (nSPS) is 20.9. The maximum atomic E-state index is 5.58. The van der Waals surface area contributed by atoms with Crippen molar-refractivity contribution in [2.24, 2.45) is 0 Å². The molecular formula is C11H13N3O. The van der Waals surface area contributed by atoms with Crippen LogP contribution in [0.5, 0.6) is 0 Å². The van der Waals surface area contributed by atoms with Crippen molar-refractivity contribution in [2.45, 2.75) is 12.5 Å². The first-order valence-corrected chi connectivity index (χ1v) is 5.25. The topological polar surface area (TPSA) is 50.1 Å². The number of para-hydroxylation sites is 2. The zero-order valence-electron chi connectivity index (χ0n) is 8.36. The van der Waals surface area contributed by atoms with Crippen molar-refractivity contribution in [1.29, 1.82) is 0 Å². The number of anilines is 1. The quantitative estimate of drug-likeness (QED) is 0.778. The van der Waals surface area contributed by atoms with Crippen molar-refractivity contribution in [2.75, 3.05) is 18.4 Å². The molecule has 1 aromatic heterocycles. The minimum absolute atomic E-state index is 0.443. The van der Waals surface area contributed by atoms with Gasteiger partial charge in [-0.3, -0.25) is 0 Å². The van der Waals surface area contributed by atoms with E-state index in [1.54, 1.807) is 0 Å². The van der Waals surface area contributed by atoms with Gasteiger partial charge in [0.25, 0.3) is 6.01 Å². The lowest BCUT2D eigenvalue weighted by molar-refractivity contribution is 0.599. The number of fused-ring (bicyclic) bond motifs is 1. The number of aromatic nitrogens is 1. The van der Waals surface area contributed by atoms with Gasteiger partial charge in [0.15, 0.2) is 5.58 Å². The van der Waals surface area contributed by atoms with Crippen LogP contribution < -0.4 is 10.6 Å². The Balaban J connectivity index is 1.84. The molecule has 0 radical (unpaired) electrons. The molecule has 4 heteroatoms. The fourth-order valence-corrected chi connectivity index (χ4v) is 1.89. The van der Waals surface area contributed by atoms with Crippen molar-refractivity contribution >= 4 is 17.1 Å². The van der Waals surface area contributed by atoms with E-state index >= 15 is 0 Å². The molecule has 2 aromatic rings. The zero-order chi connectivity index (χ0) is 10.1. The Morgan fingerprint density at radius 2 is 2.33 bits per heavy atom. The average Bonchev–Trinajstić information content (AvgIpc) is 2.86. The Bertz CT molecular complexity index is 427. The number of nitrogens with zero attached hydrogens (tertiary/aromatic N) is 1. The summed E-state index contributed by atoms with van der Waals surface area (Å²) < 4.78 is 5.58. The van der Waals surface area contributed by atoms with Gasteiger partial charge in [0, 0.05) is 12.6 Å². The molecule has 0 spiro atoms. The van der Waals surface area contributed by atoms with Crippen molar-refractivity contribution in [3.63, 3.8) is 0 Å². The van der Waals surface area contributed by atoms with Crippen LogP contribution >= 0.6 is 0 Å². The van der Waals surface area contributed by atoms with Crippen molar-refractivity contribution < 1.29 is 4.42 Å². The van der Waals surface area contributed by atoms with Crippen LogP contribution in [0.15, 0.2) is 28.7 Å². The molecular weight excluding hydrogens is 190 g/mol. The van der Waals surface area contributed by atoms with Crippen LogP contribution in [0.3, 0.4) is 0 Å². The molecule has 4 nitrogen and oxygen atoms in total. The third kappa shape index (κ3) is 1.68. The van der Waals surface area contributed by atoms with Gasteiger partial charge in [0.1, 0.15) is 5.52 Å². The molecule has 1 aliphatic rings. The number of oxazole rings is 1. The van der Waals surface area contributed by atoms with E-state index in [2.05, 4.69) is 15.6 Å². The van der Waals surface area contributed by atoms with Crippen molar-refractivity contribution in [3.8, 4) is 0 Å². The minimum atomic E-state index is 0.443. The summed E-state index contributed by atoms with van der Waals surface area (Å²) in [6, 6.07) is 8.88. The lowest BCUT2D eigenvalue weighted by Crippen LogP contribution is -2.22. The van der Waals surface area contributed by atoms with Gasteiger partial charge in [-0.25, -0.2) is 0 Å². The van der Waals surface area contributed by atoms with E-state index in [0.717, 1.165) is 30.6 Å². The second-order valence-electron chi connectivity index (χ2n) is 3.82. The molecule has 3 rings (SSSR count). The predicted molar refractivity (Wildman–Crippen MR) is 58.9 cm³/mol. The van der Waals surface area contributed by atoms with Crippen LogP contribution in [0.2, 0.25) is 0 Å². The highest BCUT2D eigenvalue weighted by Crippen LogP contribution is 2.19. The smallest absolute Gasteiger partial charge is 0.295 e. The third-order valence-corrected chi connectivity index (χ3v) is 2.68. The summed E-state index contributed by atoms with van der Waals surface area (Å²) in [5.41, 5.74) is 1.75. The summed E-state index contributed by atoms with van der Waals surface area (Å²) in [7, 11) is 0. The van der Waals surface area contributed by atoms with Gasteiger partial charge in [-0.15, -0.1) is 0 Å². The van der Waals surface area contributed by atoms with Gasteiger partial charge >= 0.3 is 0 Å². The Hall–Kier alpha value is -1.55. The van der Waals surface area contributed by atoms with E-state index < -0.39 is 0 Å². The van der Waals surface area contributed by atoms with Gasteiger partial charge < -0.3 is 15.1 Å². The minimum Gasteiger partial charge on any atom is -0.424 e. The third-order valence-electron chi connectivity index (χ3n) is 2.68. The zero-order valence-corrected chi connectivity index (χ0v) is 8.36. The first kappa shape index (κ1) is 8.73. The lowest BCUT2D eigenvalue weighted by atomic mass is 10.3. The average molecular weight is 203 g/mol. The summed E-state index contributed by atoms with van der Waals surface area (Å²) in [4.78, 5) is 4.37. The molecule has 2 heterocycles. The first-order valence-electron chi connectivity index (χ1n) is 5.25. The van der Waals surface area contributed by atoms with E-state index in [0.29, 0.717) is 12.1 Å². The fraction of sp³-hybridized carbons (Fsp3) is 0.364. The van der Waals surface area contributed by atoms with Crippen LogP contribution in [0.4, 0.5) is 6.01 Å². The first-order chi connectivity index (χ1) is 7.42. The summed E-state index contributed by atoms with van der Waals surface area (Å²) >= 11 is 0. The summed E-state index contributed by atoms with van der Waals surface area (Å²) in [6.07, 6.45) is 1.12. The molecule has 0 aliphatic carbocycles. The SMILES string of the molecule is c1ccc2oc(N[C@H]3CCNC3)nc2c1. The van der Waals surface area contributed by atoms with Gasteiger partial charge in [-0.05, 0) is 25.1 Å². The van der Waals surface area contributed by atoms with Crippen LogP contribution in [0.25, 0.3) is 11.1 Å². The van der Waals surface area contributed by atoms with E-state index in [1.165, 1.54) is 0 Å². The van der Waals surface area contributed by atoms with Crippen LogP contribution in [0, 0.1) is 0 Å². The maximum absolute atomic E-state index is 5.58. The van der Waals surface area contributed by atoms with Crippen LogP contribution in [-0.4, -0.2) is 24.1 Å². The highest BCUT2D eigenvalue weighted by atomic mass is 16.4. The number of nitrogens with one attached hydrogen (secondary N) is 2. The van der Waals surface area contributed by atoms with Gasteiger partial charge in [0.05, 0.1) is 0 Å². The van der Waals surface area contributed by atoms with E-state index in [1.807, 2.05) is 24.3 Å². The second kappa shape index (κ2) is 3.55. The summed E-state index contributed by atoms with van der Waals surface area (Å²) in [5.74, 6) is 0. The fourth-order valence-electron chi connectivity index (χ4n) is 1.89. The molecule has 15 heavy (non-hydrogen) atoms. The maximum Gasteiger partial charge on any atom is 0.295 e. The number of hydrogen-bond donors (Lipinski definition) is 2. The monoisotopic (exact) mass is 203 g/mol. The van der Waals surface area contributed by atoms with Gasteiger partial charge in [-0.1, -0.05) is 12.1 Å². The second-order valence-corrected chi connectivity index (χ2v) is 3.82. The largest absolute Gasteiger partial charge is 0.424 e. The molecule has 1 fully saturated rings. The van der Waals surface area contributed by atoms with Gasteiger partial charge in [-0.2, -0.15) is 4.98 Å². The Kier molecular flexibility index (Phi) is 2.07. The molecule has 0 amide bonds. The molecule has 0 bridgehead atoms. The molecule has 1 atom stereocenters. The standard InChI is InChI=1S/C11H13N3O/c1-2-4-10-9(3-1)14-11(15-10)13-8-5-6-12-7-8/h1-4,8,12H,5-7H2,(H,13,14)/t8-/m0/s1. The van der Waals surface area contributed by atoms with E-state index in [-0.39, 0.29) is 0 Å². The predicted octanol–water partition coefficient (Wildman–Crippen LogP) is 1.60. The summed E-state index contributed by atoms with van der Waals surface area (Å²) in [6.45, 7) is 2.05. The molecule has 1 aliphatic heterocycles. The van der Waals surface area contributed by atoms with E-state index in [4.69, 9.17) is 4.42 Å². The molecule has 0 saturated carbocycles. The van der Waals surface area contributed by atoms with Gasteiger partial charge in [0.2, 0.25) is 0 Å². The van der Waals surface area contributed by atoms with Crippen molar-refractivity contribution in [3.05, 3.63) is 24.3 Å². The number of benzene rings is 1. The Morgan fingerprint density at radius 3 is 3.13 bits per heavy atom. The highest BCUT2D eigenvalue weighted by Gasteiger charge is 2.16.